The van der Waals surface area contributed by atoms with Crippen LogP contribution in [0.1, 0.15) is 71.0 Å². The fraction of sp³-hybridized carbons (Fsp3) is 0.607. The van der Waals surface area contributed by atoms with E-state index in [1.165, 1.54) is 13.3 Å². The Morgan fingerprint density at radius 1 is 1.38 bits per heavy atom. The Hall–Kier alpha value is -2.85. The normalized spacial score (nSPS) is 23.5. The lowest BCUT2D eigenvalue weighted by Gasteiger charge is -2.37. The van der Waals surface area contributed by atoms with E-state index in [1.807, 2.05) is 11.0 Å². The van der Waals surface area contributed by atoms with Gasteiger partial charge in [0.1, 0.15) is 6.17 Å². The molecule has 4 unspecified atom stereocenters. The summed E-state index contributed by atoms with van der Waals surface area (Å²) < 4.78 is 20.3. The monoisotopic (exact) mass is 563 g/mol. The number of alkyl halides is 2. The molecular formula is C28H43ClFN7O2. The highest BCUT2D eigenvalue weighted by atomic mass is 35.5. The molecule has 9 nitrogen and oxygen atoms in total. The number of nitrogens with two attached hydrogens (primary N) is 2. The number of aromatic amines is 1. The number of aliphatic imine (C=N–C) groups is 1. The van der Waals surface area contributed by atoms with Gasteiger partial charge in [0.05, 0.1) is 6.54 Å². The number of hydrogen-bond acceptors (Lipinski definition) is 7. The molecule has 0 amide bonds. The van der Waals surface area contributed by atoms with Gasteiger partial charge in [0, 0.05) is 34.9 Å². The van der Waals surface area contributed by atoms with Crippen LogP contribution in [0.15, 0.2) is 62.8 Å². The molecule has 1 heterocycles. The first kappa shape index (κ1) is 30.7. The number of hydrogen-bond donors (Lipinski definition) is 4. The summed E-state index contributed by atoms with van der Waals surface area (Å²) in [6.07, 6.45) is 12.8. The minimum atomic E-state index is -1.78. The van der Waals surface area contributed by atoms with Gasteiger partial charge in [0.2, 0.25) is 5.82 Å². The average molecular weight is 564 g/mol. The van der Waals surface area contributed by atoms with E-state index in [1.54, 1.807) is 13.0 Å². The van der Waals surface area contributed by atoms with Crippen LogP contribution in [0.4, 0.5) is 4.39 Å². The Bertz CT molecular complexity index is 1130. The van der Waals surface area contributed by atoms with Crippen molar-refractivity contribution in [3.8, 4) is 0 Å². The summed E-state index contributed by atoms with van der Waals surface area (Å²) in [6, 6.07) is 0. The van der Waals surface area contributed by atoms with Gasteiger partial charge in [0.15, 0.2) is 11.5 Å². The minimum absolute atomic E-state index is 0.00384. The minimum Gasteiger partial charge on any atom is -0.400 e. The van der Waals surface area contributed by atoms with E-state index < -0.39 is 17.6 Å². The maximum Gasteiger partial charge on any atom is 0.439 e. The van der Waals surface area contributed by atoms with Gasteiger partial charge in [-0.05, 0) is 51.9 Å². The number of rotatable bonds is 11. The van der Waals surface area contributed by atoms with Crippen molar-refractivity contribution in [2.45, 2.75) is 82.4 Å². The molecule has 2 aliphatic carbocycles. The van der Waals surface area contributed by atoms with Crippen LogP contribution >= 0.6 is 11.6 Å². The number of allylic oxidation sites excluding steroid dienone is 3. The third-order valence-corrected chi connectivity index (χ3v) is 7.96. The number of nitrogens with zero attached hydrogens (tertiary/aromatic N) is 3. The third-order valence-electron chi connectivity index (χ3n) is 7.56. The van der Waals surface area contributed by atoms with E-state index >= 15 is 4.39 Å². The Kier molecular flexibility index (Phi) is 11.0. The van der Waals surface area contributed by atoms with Gasteiger partial charge in [-0.15, -0.1) is 11.6 Å². The molecule has 0 spiro atoms. The standard InChI is InChI=1S/C28H43ClFN7O2/c1-5-23(31)28(4,30)17-37(16-20-10-7-6-8-11-20)19(3)24(32)34-25(26-35-27(38)39-36-26)33-18(2)21-12-9-13-22(29)15-14-21/h5,9,12,20-22,24H,2-3,6-8,10-11,13-17,31-32H2,1,4H3,(H,33,34)(H,35,36,38)/b23-5-. The molecule has 2 aliphatic rings. The van der Waals surface area contributed by atoms with Gasteiger partial charge in [-0.25, -0.2) is 14.2 Å². The molecule has 1 fully saturated rings. The zero-order valence-corrected chi connectivity index (χ0v) is 23.9. The molecule has 0 radical (unpaired) electrons. The second kappa shape index (κ2) is 14.0. The first-order valence-electron chi connectivity index (χ1n) is 13.7. The molecule has 0 aliphatic heterocycles. The van der Waals surface area contributed by atoms with Crippen molar-refractivity contribution in [2.24, 2.45) is 28.3 Å². The average Bonchev–Trinajstić information content (AvgIpc) is 3.22. The highest BCUT2D eigenvalue weighted by Gasteiger charge is 2.32. The van der Waals surface area contributed by atoms with Crippen LogP contribution in [-0.4, -0.2) is 51.2 Å². The molecule has 0 bridgehead atoms. The predicted octanol–water partition coefficient (Wildman–Crippen LogP) is 4.45. The SMILES string of the molecule is C=C(NC(=NC(N)C(=C)N(CC1CCCCC1)CC(C)(F)/C(N)=C/C)c1noc(=O)[nH]1)C1C=CCC(Cl)CC1. The lowest BCUT2D eigenvalue weighted by Crippen LogP contribution is -2.46. The van der Waals surface area contributed by atoms with Crippen molar-refractivity contribution in [3.63, 3.8) is 0 Å². The van der Waals surface area contributed by atoms with Crippen LogP contribution in [-0.2, 0) is 0 Å². The first-order chi connectivity index (χ1) is 18.5. The molecule has 1 saturated carbocycles. The molecule has 3 rings (SSSR count). The molecule has 1 aromatic heterocycles. The van der Waals surface area contributed by atoms with Crippen molar-refractivity contribution in [1.29, 1.82) is 0 Å². The van der Waals surface area contributed by atoms with Gasteiger partial charge < -0.3 is 21.7 Å². The van der Waals surface area contributed by atoms with Gasteiger partial charge in [-0.3, -0.25) is 9.51 Å². The summed E-state index contributed by atoms with van der Waals surface area (Å²) in [5.41, 5.74) is 12.0. The Balaban J connectivity index is 1.86. The van der Waals surface area contributed by atoms with Crippen molar-refractivity contribution in [2.75, 3.05) is 13.1 Å². The molecule has 0 saturated heterocycles. The predicted molar refractivity (Wildman–Crippen MR) is 155 cm³/mol. The highest BCUT2D eigenvalue weighted by molar-refractivity contribution is 6.20. The smallest absolute Gasteiger partial charge is 0.400 e. The van der Waals surface area contributed by atoms with E-state index in [0.717, 1.165) is 44.9 Å². The van der Waals surface area contributed by atoms with Crippen molar-refractivity contribution < 1.29 is 8.91 Å². The van der Waals surface area contributed by atoms with E-state index in [9.17, 15) is 4.79 Å². The van der Waals surface area contributed by atoms with Crippen molar-refractivity contribution in [1.82, 2.24) is 20.4 Å². The summed E-state index contributed by atoms with van der Waals surface area (Å²) in [5, 5.41) is 7.03. The maximum atomic E-state index is 15.6. The van der Waals surface area contributed by atoms with Gasteiger partial charge >= 0.3 is 5.76 Å². The van der Waals surface area contributed by atoms with Crippen LogP contribution in [0, 0.1) is 11.8 Å². The van der Waals surface area contributed by atoms with Crippen molar-refractivity contribution in [3.05, 3.63) is 64.9 Å². The number of nitrogens with one attached hydrogen (secondary N) is 2. The zero-order chi connectivity index (χ0) is 28.6. The van der Waals surface area contributed by atoms with Crippen LogP contribution < -0.4 is 22.5 Å². The second-order valence-corrected chi connectivity index (χ2v) is 11.4. The Morgan fingerprint density at radius 3 is 2.74 bits per heavy atom. The molecular weight excluding hydrogens is 521 g/mol. The molecule has 39 heavy (non-hydrogen) atoms. The summed E-state index contributed by atoms with van der Waals surface area (Å²) in [7, 11) is 0. The molecule has 4 atom stereocenters. The summed E-state index contributed by atoms with van der Waals surface area (Å²) in [4.78, 5) is 20.7. The number of halogens is 2. The zero-order valence-electron chi connectivity index (χ0n) is 23.1. The van der Waals surface area contributed by atoms with E-state index in [-0.39, 0.29) is 35.2 Å². The maximum absolute atomic E-state index is 15.6. The largest absolute Gasteiger partial charge is 0.439 e. The summed E-state index contributed by atoms with van der Waals surface area (Å²) in [6.45, 7) is 12.1. The van der Waals surface area contributed by atoms with Crippen LogP contribution in [0.3, 0.4) is 0 Å². The molecule has 6 N–H and O–H groups in total. The fourth-order valence-corrected chi connectivity index (χ4v) is 5.33. The lowest BCUT2D eigenvalue weighted by molar-refractivity contribution is 0.136. The number of H-pyrrole nitrogens is 1. The second-order valence-electron chi connectivity index (χ2n) is 10.8. The lowest BCUT2D eigenvalue weighted by atomic mass is 9.88. The molecule has 1 aromatic rings. The molecule has 11 heteroatoms. The van der Waals surface area contributed by atoms with Crippen LogP contribution in [0.5, 0.6) is 0 Å². The van der Waals surface area contributed by atoms with Gasteiger partial charge in [0.25, 0.3) is 0 Å². The topological polar surface area (TPSA) is 139 Å². The van der Waals surface area contributed by atoms with Crippen LogP contribution in [0.25, 0.3) is 0 Å². The van der Waals surface area contributed by atoms with Gasteiger partial charge in [-0.2, -0.15) is 0 Å². The third kappa shape index (κ3) is 8.83. The summed E-state index contributed by atoms with van der Waals surface area (Å²) in [5.74, 6) is -0.0919. The fourth-order valence-electron chi connectivity index (χ4n) is 5.10. The molecule has 0 aromatic carbocycles. The van der Waals surface area contributed by atoms with E-state index in [0.29, 0.717) is 23.9 Å². The quantitative estimate of drug-likeness (QED) is 0.135. The van der Waals surface area contributed by atoms with Crippen molar-refractivity contribution >= 4 is 17.4 Å². The first-order valence-corrected chi connectivity index (χ1v) is 14.1. The Labute approximate surface area is 235 Å². The highest BCUT2D eigenvalue weighted by Crippen LogP contribution is 2.29. The molecule has 216 valence electrons. The summed E-state index contributed by atoms with van der Waals surface area (Å²) >= 11 is 6.32. The van der Waals surface area contributed by atoms with E-state index in [2.05, 4.69) is 39.7 Å². The van der Waals surface area contributed by atoms with E-state index in [4.69, 9.17) is 27.6 Å². The van der Waals surface area contributed by atoms with Gasteiger partial charge in [-0.1, -0.05) is 55.8 Å². The number of aromatic nitrogens is 2. The number of amidine groups is 1. The Morgan fingerprint density at radius 2 is 2.10 bits per heavy atom. The van der Waals surface area contributed by atoms with Crippen LogP contribution in [0.2, 0.25) is 0 Å².